The van der Waals surface area contributed by atoms with Gasteiger partial charge in [0.05, 0.1) is 6.10 Å². The van der Waals surface area contributed by atoms with E-state index in [1.54, 1.807) is 0 Å². The van der Waals surface area contributed by atoms with Crippen LogP contribution in [-0.2, 0) is 11.8 Å². The van der Waals surface area contributed by atoms with Gasteiger partial charge in [-0.15, -0.1) is 0 Å². The van der Waals surface area contributed by atoms with Crippen molar-refractivity contribution < 1.29 is 9.53 Å². The molecule has 1 aliphatic rings. The summed E-state index contributed by atoms with van der Waals surface area (Å²) in [6.07, 6.45) is 4.32. The molecule has 4 nitrogen and oxygen atoms in total. The van der Waals surface area contributed by atoms with Crippen LogP contribution in [0.15, 0.2) is 30.5 Å². The summed E-state index contributed by atoms with van der Waals surface area (Å²) >= 11 is 0. The summed E-state index contributed by atoms with van der Waals surface area (Å²) in [6.45, 7) is 1.42. The van der Waals surface area contributed by atoms with Gasteiger partial charge in [-0.05, 0) is 37.1 Å². The molecule has 4 heteroatoms. The Hall–Kier alpha value is -1.81. The smallest absolute Gasteiger partial charge is 0.251 e. The zero-order valence-corrected chi connectivity index (χ0v) is 11.1. The van der Waals surface area contributed by atoms with Crippen molar-refractivity contribution in [1.82, 2.24) is 9.88 Å². The van der Waals surface area contributed by atoms with Gasteiger partial charge in [-0.2, -0.15) is 0 Å². The minimum Gasteiger partial charge on any atom is -0.376 e. The van der Waals surface area contributed by atoms with Crippen LogP contribution in [0.4, 0.5) is 0 Å². The standard InChI is InChI=1S/C15H18N2O2/c1-17-7-6-11-9-12(4-5-14(11)17)15(18)16-10-13-3-2-8-19-13/h4-7,9,13H,2-3,8,10H2,1H3,(H,16,18). The van der Waals surface area contributed by atoms with E-state index in [1.807, 2.05) is 42.1 Å². The van der Waals surface area contributed by atoms with Crippen LogP contribution in [0.3, 0.4) is 0 Å². The second-order valence-electron chi connectivity index (χ2n) is 5.05. The fourth-order valence-corrected chi connectivity index (χ4v) is 2.54. The van der Waals surface area contributed by atoms with Crippen LogP contribution in [0, 0.1) is 0 Å². The van der Waals surface area contributed by atoms with E-state index in [1.165, 1.54) is 0 Å². The number of benzene rings is 1. The van der Waals surface area contributed by atoms with Gasteiger partial charge in [-0.25, -0.2) is 0 Å². The highest BCUT2D eigenvalue weighted by Gasteiger charge is 2.16. The molecule has 0 saturated carbocycles. The van der Waals surface area contributed by atoms with Crippen LogP contribution >= 0.6 is 0 Å². The van der Waals surface area contributed by atoms with Gasteiger partial charge in [0.25, 0.3) is 5.91 Å². The number of nitrogens with zero attached hydrogens (tertiary/aromatic N) is 1. The molecule has 3 rings (SSSR count). The molecule has 1 unspecified atom stereocenters. The van der Waals surface area contributed by atoms with Gasteiger partial charge in [-0.1, -0.05) is 0 Å². The average molecular weight is 258 g/mol. The third-order valence-electron chi connectivity index (χ3n) is 3.66. The minimum atomic E-state index is -0.0266. The second kappa shape index (κ2) is 5.05. The number of hydrogen-bond donors (Lipinski definition) is 1. The van der Waals surface area contributed by atoms with Gasteiger partial charge in [0.2, 0.25) is 0 Å². The van der Waals surface area contributed by atoms with Gasteiger partial charge in [0.1, 0.15) is 0 Å². The summed E-state index contributed by atoms with van der Waals surface area (Å²) < 4.78 is 7.54. The molecule has 0 aliphatic carbocycles. The maximum Gasteiger partial charge on any atom is 0.251 e. The fourth-order valence-electron chi connectivity index (χ4n) is 2.54. The molecule has 19 heavy (non-hydrogen) atoms. The Labute approximate surface area is 112 Å². The van der Waals surface area contributed by atoms with Crippen molar-refractivity contribution in [3.63, 3.8) is 0 Å². The SMILES string of the molecule is Cn1ccc2cc(C(=O)NCC3CCCO3)ccc21. The first-order valence-electron chi connectivity index (χ1n) is 6.69. The van der Waals surface area contributed by atoms with Crippen LogP contribution in [0.1, 0.15) is 23.2 Å². The van der Waals surface area contributed by atoms with Crippen molar-refractivity contribution in [3.8, 4) is 0 Å². The number of aromatic nitrogens is 1. The zero-order chi connectivity index (χ0) is 13.2. The van der Waals surface area contributed by atoms with Crippen LogP contribution in [-0.4, -0.2) is 29.7 Å². The van der Waals surface area contributed by atoms with Crippen molar-refractivity contribution >= 4 is 16.8 Å². The van der Waals surface area contributed by atoms with Gasteiger partial charge in [0, 0.05) is 42.9 Å². The lowest BCUT2D eigenvalue weighted by Gasteiger charge is -2.10. The van der Waals surface area contributed by atoms with E-state index in [2.05, 4.69) is 5.32 Å². The first kappa shape index (κ1) is 12.2. The Balaban J connectivity index is 1.70. The molecule has 1 N–H and O–H groups in total. The molecule has 0 bridgehead atoms. The van der Waals surface area contributed by atoms with Gasteiger partial charge >= 0.3 is 0 Å². The highest BCUT2D eigenvalue weighted by Crippen LogP contribution is 2.17. The summed E-state index contributed by atoms with van der Waals surface area (Å²) in [6, 6.07) is 7.80. The molecular formula is C15H18N2O2. The summed E-state index contributed by atoms with van der Waals surface area (Å²) in [5.74, 6) is -0.0266. The first-order chi connectivity index (χ1) is 9.24. The Morgan fingerprint density at radius 1 is 1.47 bits per heavy atom. The Kier molecular flexibility index (Phi) is 3.25. The normalized spacial score (nSPS) is 18.9. The first-order valence-corrected chi connectivity index (χ1v) is 6.69. The lowest BCUT2D eigenvalue weighted by Crippen LogP contribution is -2.31. The number of aryl methyl sites for hydroxylation is 1. The van der Waals surface area contributed by atoms with Crippen LogP contribution in [0.25, 0.3) is 10.9 Å². The van der Waals surface area contributed by atoms with E-state index >= 15 is 0 Å². The van der Waals surface area contributed by atoms with E-state index in [0.717, 1.165) is 30.4 Å². The zero-order valence-electron chi connectivity index (χ0n) is 11.1. The van der Waals surface area contributed by atoms with Crippen molar-refractivity contribution in [2.75, 3.05) is 13.2 Å². The number of hydrogen-bond acceptors (Lipinski definition) is 2. The Morgan fingerprint density at radius 3 is 3.16 bits per heavy atom. The average Bonchev–Trinajstić information content (AvgIpc) is 3.06. The predicted molar refractivity (Wildman–Crippen MR) is 74.2 cm³/mol. The van der Waals surface area contributed by atoms with Crippen molar-refractivity contribution in [2.24, 2.45) is 7.05 Å². The largest absolute Gasteiger partial charge is 0.376 e. The monoisotopic (exact) mass is 258 g/mol. The maximum absolute atomic E-state index is 12.1. The summed E-state index contributed by atoms with van der Waals surface area (Å²) in [7, 11) is 2.00. The number of amides is 1. The molecule has 1 saturated heterocycles. The molecule has 0 spiro atoms. The van der Waals surface area contributed by atoms with Crippen LogP contribution in [0.2, 0.25) is 0 Å². The van der Waals surface area contributed by atoms with E-state index in [4.69, 9.17) is 4.74 Å². The lowest BCUT2D eigenvalue weighted by atomic mass is 10.1. The molecular weight excluding hydrogens is 240 g/mol. The highest BCUT2D eigenvalue weighted by atomic mass is 16.5. The molecule has 1 amide bonds. The quantitative estimate of drug-likeness (QED) is 0.916. The predicted octanol–water partition coefficient (Wildman–Crippen LogP) is 2.09. The topological polar surface area (TPSA) is 43.3 Å². The van der Waals surface area contributed by atoms with E-state index in [0.29, 0.717) is 12.1 Å². The summed E-state index contributed by atoms with van der Waals surface area (Å²) in [5, 5.41) is 4.03. The Morgan fingerprint density at radius 2 is 2.37 bits per heavy atom. The van der Waals surface area contributed by atoms with Crippen LogP contribution < -0.4 is 5.32 Å². The highest BCUT2D eigenvalue weighted by molar-refractivity contribution is 5.98. The lowest BCUT2D eigenvalue weighted by molar-refractivity contribution is 0.0858. The van der Waals surface area contributed by atoms with Crippen molar-refractivity contribution in [2.45, 2.75) is 18.9 Å². The number of ether oxygens (including phenoxy) is 1. The number of fused-ring (bicyclic) bond motifs is 1. The van der Waals surface area contributed by atoms with Crippen molar-refractivity contribution in [1.29, 1.82) is 0 Å². The van der Waals surface area contributed by atoms with Crippen molar-refractivity contribution in [3.05, 3.63) is 36.0 Å². The fraction of sp³-hybridized carbons (Fsp3) is 0.400. The molecule has 1 aromatic carbocycles. The molecule has 1 fully saturated rings. The number of carbonyl (C=O) groups is 1. The maximum atomic E-state index is 12.1. The molecule has 0 radical (unpaired) electrons. The minimum absolute atomic E-state index is 0.0266. The number of nitrogens with one attached hydrogen (secondary N) is 1. The molecule has 1 aromatic heterocycles. The molecule has 1 atom stereocenters. The molecule has 2 heterocycles. The Bertz CT molecular complexity index is 597. The summed E-state index contributed by atoms with van der Waals surface area (Å²) in [5.41, 5.74) is 1.84. The molecule has 2 aromatic rings. The van der Waals surface area contributed by atoms with Gasteiger partial charge < -0.3 is 14.6 Å². The number of carbonyl (C=O) groups excluding carboxylic acids is 1. The molecule has 1 aliphatic heterocycles. The second-order valence-corrected chi connectivity index (χ2v) is 5.05. The van der Waals surface area contributed by atoms with E-state index < -0.39 is 0 Å². The molecule has 100 valence electrons. The van der Waals surface area contributed by atoms with E-state index in [-0.39, 0.29) is 12.0 Å². The number of rotatable bonds is 3. The van der Waals surface area contributed by atoms with Crippen LogP contribution in [0.5, 0.6) is 0 Å². The van der Waals surface area contributed by atoms with Gasteiger partial charge in [-0.3, -0.25) is 4.79 Å². The van der Waals surface area contributed by atoms with Gasteiger partial charge in [0.15, 0.2) is 0 Å². The third kappa shape index (κ3) is 2.49. The van der Waals surface area contributed by atoms with E-state index in [9.17, 15) is 4.79 Å². The third-order valence-corrected chi connectivity index (χ3v) is 3.66. The summed E-state index contributed by atoms with van der Waals surface area (Å²) in [4.78, 5) is 12.1.